The summed E-state index contributed by atoms with van der Waals surface area (Å²) in [5, 5.41) is 0. The van der Waals surface area contributed by atoms with Gasteiger partial charge in [0.05, 0.1) is 0 Å². The molecule has 0 unspecified atom stereocenters. The molecule has 0 aliphatic heterocycles. The highest BCUT2D eigenvalue weighted by atomic mass is 28.4. The van der Waals surface area contributed by atoms with E-state index in [-0.39, 0.29) is 0 Å². The quantitative estimate of drug-likeness (QED) is 0.598. The lowest BCUT2D eigenvalue weighted by Crippen LogP contribution is -2.49. The summed E-state index contributed by atoms with van der Waals surface area (Å²) in [6.45, 7) is 16.1. The van der Waals surface area contributed by atoms with Gasteiger partial charge in [0.2, 0.25) is 16.6 Å². The minimum atomic E-state index is -1.96. The van der Waals surface area contributed by atoms with Gasteiger partial charge in [-0.15, -0.1) is 26.3 Å². The van der Waals surface area contributed by atoms with E-state index in [0.717, 1.165) is 0 Å². The maximum absolute atomic E-state index is 6.68. The van der Waals surface area contributed by atoms with Crippen molar-refractivity contribution in [3.05, 3.63) is 49.1 Å². The van der Waals surface area contributed by atoms with Crippen molar-refractivity contribution in [3.63, 3.8) is 0 Å². The maximum Gasteiger partial charge on any atom is 0.232 e. The average Bonchev–Trinajstić information content (AvgIpc) is 3.21. The van der Waals surface area contributed by atoms with E-state index >= 15 is 0 Å². The van der Waals surface area contributed by atoms with Crippen LogP contribution in [-0.4, -0.2) is 16.6 Å². The third kappa shape index (κ3) is 2.19. The highest BCUT2D eigenvalue weighted by molar-refractivity contribution is 6.97. The van der Waals surface area contributed by atoms with E-state index < -0.39 is 16.6 Å². The molecule has 1 nitrogen and oxygen atoms in total. The van der Waals surface area contributed by atoms with Crippen molar-refractivity contribution in [2.75, 3.05) is 0 Å². The van der Waals surface area contributed by atoms with Gasteiger partial charge in [-0.05, 0) is 11.1 Å². The minimum Gasteiger partial charge on any atom is -0.443 e. The van der Waals surface area contributed by atoms with Crippen LogP contribution >= 0.6 is 0 Å². The molecule has 0 radical (unpaired) electrons. The van der Waals surface area contributed by atoms with E-state index in [0.29, 0.717) is 11.1 Å². The van der Waals surface area contributed by atoms with Gasteiger partial charge in [-0.25, -0.2) is 0 Å². The lowest BCUT2D eigenvalue weighted by atomic mass is 11.0. The second-order valence-electron chi connectivity index (χ2n) is 5.17. The first-order valence-corrected chi connectivity index (χ1v) is 10.7. The van der Waals surface area contributed by atoms with Crippen molar-refractivity contribution < 1.29 is 4.12 Å². The standard InChI is InChI=1S/C14H22OSi2/c1-5-16(6-2,13-9-10-13)15-17(7-3,8-4)14-11-12-14/h5-8,13-14H,1-4,9-12H2. The van der Waals surface area contributed by atoms with Crippen LogP contribution < -0.4 is 0 Å². The van der Waals surface area contributed by atoms with Gasteiger partial charge in [0.15, 0.2) is 0 Å². The summed E-state index contributed by atoms with van der Waals surface area (Å²) in [6, 6.07) is 0. The summed E-state index contributed by atoms with van der Waals surface area (Å²) in [6.07, 6.45) is 5.09. The van der Waals surface area contributed by atoms with Crippen LogP contribution in [-0.2, 0) is 4.12 Å². The highest BCUT2D eigenvalue weighted by Gasteiger charge is 2.53. The van der Waals surface area contributed by atoms with Crippen LogP contribution in [0.1, 0.15) is 25.7 Å². The van der Waals surface area contributed by atoms with Gasteiger partial charge in [0, 0.05) is 0 Å². The van der Waals surface area contributed by atoms with Gasteiger partial charge in [0.1, 0.15) is 0 Å². The molecule has 92 valence electrons. The van der Waals surface area contributed by atoms with Crippen molar-refractivity contribution in [3.8, 4) is 0 Å². The number of rotatable bonds is 8. The van der Waals surface area contributed by atoms with Gasteiger partial charge in [-0.2, -0.15) is 0 Å². The SMILES string of the molecule is C=C[Si](C=C)(O[Si](C=C)(C=C)C1CC1)C1CC1. The molecule has 0 saturated heterocycles. The predicted octanol–water partition coefficient (Wildman–Crippen LogP) is 4.12. The Morgan fingerprint density at radius 3 is 1.18 bits per heavy atom. The van der Waals surface area contributed by atoms with Crippen molar-refractivity contribution in [2.45, 2.75) is 36.8 Å². The molecule has 2 aliphatic rings. The van der Waals surface area contributed by atoms with E-state index in [1.54, 1.807) is 0 Å². The lowest BCUT2D eigenvalue weighted by molar-refractivity contribution is 0.558. The zero-order valence-electron chi connectivity index (χ0n) is 10.5. The molecule has 0 bridgehead atoms. The Morgan fingerprint density at radius 1 is 0.706 bits per heavy atom. The molecule has 2 rings (SSSR count). The Morgan fingerprint density at radius 2 is 1.00 bits per heavy atom. The van der Waals surface area contributed by atoms with Gasteiger partial charge in [-0.3, -0.25) is 0 Å². The Kier molecular flexibility index (Phi) is 3.43. The zero-order chi connectivity index (χ0) is 12.5. The molecule has 17 heavy (non-hydrogen) atoms. The third-order valence-corrected chi connectivity index (χ3v) is 13.1. The van der Waals surface area contributed by atoms with Gasteiger partial charge in [0.25, 0.3) is 0 Å². The number of hydrogen-bond acceptors (Lipinski definition) is 1. The molecule has 0 heterocycles. The van der Waals surface area contributed by atoms with Crippen LogP contribution in [0.5, 0.6) is 0 Å². The second kappa shape index (κ2) is 4.55. The fraction of sp³-hybridized carbons (Fsp3) is 0.429. The van der Waals surface area contributed by atoms with Crippen LogP contribution in [0.3, 0.4) is 0 Å². The summed E-state index contributed by atoms with van der Waals surface area (Å²) in [5.41, 5.74) is 9.65. The topological polar surface area (TPSA) is 9.23 Å². The fourth-order valence-corrected chi connectivity index (χ4v) is 11.5. The van der Waals surface area contributed by atoms with E-state index in [1.165, 1.54) is 25.7 Å². The minimum absolute atomic E-state index is 0.697. The van der Waals surface area contributed by atoms with Crippen molar-refractivity contribution >= 4 is 16.6 Å². The Bertz CT molecular complexity index is 303. The molecule has 2 aliphatic carbocycles. The Balaban J connectivity index is 2.25. The molecular formula is C14H22OSi2. The number of hydrogen-bond donors (Lipinski definition) is 0. The first-order chi connectivity index (χ1) is 8.16. The van der Waals surface area contributed by atoms with Crippen LogP contribution in [0.2, 0.25) is 11.1 Å². The fourth-order valence-electron chi connectivity index (χ4n) is 2.54. The molecule has 0 spiro atoms. The maximum atomic E-state index is 6.68. The largest absolute Gasteiger partial charge is 0.443 e. The van der Waals surface area contributed by atoms with Crippen molar-refractivity contribution in [1.82, 2.24) is 0 Å². The van der Waals surface area contributed by atoms with E-state index in [9.17, 15) is 0 Å². The van der Waals surface area contributed by atoms with E-state index in [1.807, 2.05) is 0 Å². The first kappa shape index (κ1) is 12.8. The van der Waals surface area contributed by atoms with Gasteiger partial charge in [-0.1, -0.05) is 48.5 Å². The second-order valence-corrected chi connectivity index (χ2v) is 12.7. The molecule has 0 aromatic heterocycles. The zero-order valence-corrected chi connectivity index (χ0v) is 12.5. The smallest absolute Gasteiger partial charge is 0.232 e. The molecule has 2 saturated carbocycles. The molecule has 0 amide bonds. The summed E-state index contributed by atoms with van der Waals surface area (Å²) >= 11 is 0. The van der Waals surface area contributed by atoms with Gasteiger partial charge >= 0.3 is 0 Å². The normalized spacial score (nSPS) is 20.7. The summed E-state index contributed by atoms with van der Waals surface area (Å²) in [5.74, 6) is 0. The summed E-state index contributed by atoms with van der Waals surface area (Å²) in [7, 11) is -3.93. The molecule has 0 aromatic carbocycles. The van der Waals surface area contributed by atoms with Gasteiger partial charge < -0.3 is 4.12 Å². The molecule has 3 heteroatoms. The lowest BCUT2D eigenvalue weighted by Gasteiger charge is -2.36. The van der Waals surface area contributed by atoms with Crippen LogP contribution in [0.4, 0.5) is 0 Å². The van der Waals surface area contributed by atoms with Crippen LogP contribution in [0.15, 0.2) is 49.1 Å². The molecular weight excluding hydrogens is 240 g/mol. The molecule has 2 fully saturated rings. The average molecular weight is 263 g/mol. The Labute approximate surface area is 107 Å². The summed E-state index contributed by atoms with van der Waals surface area (Å²) < 4.78 is 6.68. The predicted molar refractivity (Wildman–Crippen MR) is 79.3 cm³/mol. The first-order valence-electron chi connectivity index (χ1n) is 6.41. The third-order valence-electron chi connectivity index (χ3n) is 4.06. The van der Waals surface area contributed by atoms with Crippen LogP contribution in [0, 0.1) is 0 Å². The van der Waals surface area contributed by atoms with Crippen molar-refractivity contribution in [1.29, 1.82) is 0 Å². The molecule has 0 N–H and O–H groups in total. The highest BCUT2D eigenvalue weighted by Crippen LogP contribution is 2.52. The van der Waals surface area contributed by atoms with Crippen molar-refractivity contribution in [2.24, 2.45) is 0 Å². The van der Waals surface area contributed by atoms with Crippen LogP contribution in [0.25, 0.3) is 0 Å². The Hall–Kier alpha value is -0.646. The molecule has 0 aromatic rings. The monoisotopic (exact) mass is 262 g/mol. The summed E-state index contributed by atoms with van der Waals surface area (Å²) in [4.78, 5) is 0. The van der Waals surface area contributed by atoms with E-state index in [2.05, 4.69) is 49.1 Å². The van der Waals surface area contributed by atoms with E-state index in [4.69, 9.17) is 4.12 Å². The molecule has 0 atom stereocenters.